The van der Waals surface area contributed by atoms with Crippen molar-refractivity contribution >= 4 is 5.97 Å². The van der Waals surface area contributed by atoms with Crippen LogP contribution >= 0.6 is 0 Å². The first-order valence-electron chi connectivity index (χ1n) is 6.24. The molecule has 0 aliphatic heterocycles. The summed E-state index contributed by atoms with van der Waals surface area (Å²) >= 11 is 0. The van der Waals surface area contributed by atoms with Crippen molar-refractivity contribution in [2.45, 2.75) is 32.1 Å². The standard InChI is InChI=1S/C14H21NO2/c1-2-3-7-10-15-11-13(14(16)17)12-8-5-4-6-9-12/h4-6,8-9,13,15H,2-3,7,10-11H2,1H3,(H,16,17). The normalized spacial score (nSPS) is 12.3. The van der Waals surface area contributed by atoms with Crippen LogP contribution in [0, 0.1) is 0 Å². The molecular weight excluding hydrogens is 214 g/mol. The first kappa shape index (κ1) is 13.7. The van der Waals surface area contributed by atoms with Crippen molar-refractivity contribution in [2.75, 3.05) is 13.1 Å². The molecule has 1 unspecified atom stereocenters. The Morgan fingerprint density at radius 3 is 2.59 bits per heavy atom. The molecule has 0 aromatic heterocycles. The predicted octanol–water partition coefficient (Wildman–Crippen LogP) is 2.63. The van der Waals surface area contributed by atoms with Crippen LogP contribution in [0.25, 0.3) is 0 Å². The van der Waals surface area contributed by atoms with Crippen LogP contribution in [-0.4, -0.2) is 24.2 Å². The molecule has 0 fully saturated rings. The zero-order chi connectivity index (χ0) is 12.5. The fourth-order valence-corrected chi connectivity index (χ4v) is 1.78. The topological polar surface area (TPSA) is 49.3 Å². The van der Waals surface area contributed by atoms with E-state index in [0.717, 1.165) is 18.5 Å². The number of nitrogens with one attached hydrogen (secondary N) is 1. The summed E-state index contributed by atoms with van der Waals surface area (Å²) in [5.74, 6) is -1.21. The first-order valence-corrected chi connectivity index (χ1v) is 6.24. The van der Waals surface area contributed by atoms with E-state index in [4.69, 9.17) is 0 Å². The summed E-state index contributed by atoms with van der Waals surface area (Å²) in [7, 11) is 0. The Labute approximate surface area is 103 Å². The lowest BCUT2D eigenvalue weighted by molar-refractivity contribution is -0.138. The molecule has 0 radical (unpaired) electrons. The van der Waals surface area contributed by atoms with E-state index >= 15 is 0 Å². The van der Waals surface area contributed by atoms with Gasteiger partial charge in [-0.25, -0.2) is 0 Å². The molecule has 0 heterocycles. The van der Waals surface area contributed by atoms with Gasteiger partial charge in [-0.1, -0.05) is 50.1 Å². The van der Waals surface area contributed by atoms with Crippen molar-refractivity contribution < 1.29 is 9.90 Å². The Kier molecular flexibility index (Phi) is 6.33. The number of carbonyl (C=O) groups is 1. The quantitative estimate of drug-likeness (QED) is 0.681. The Morgan fingerprint density at radius 2 is 2.00 bits per heavy atom. The Morgan fingerprint density at radius 1 is 1.29 bits per heavy atom. The number of unbranched alkanes of at least 4 members (excludes halogenated alkanes) is 2. The first-order chi connectivity index (χ1) is 8.25. The zero-order valence-corrected chi connectivity index (χ0v) is 10.4. The van der Waals surface area contributed by atoms with E-state index < -0.39 is 11.9 Å². The molecule has 0 spiro atoms. The van der Waals surface area contributed by atoms with Crippen molar-refractivity contribution in [2.24, 2.45) is 0 Å². The zero-order valence-electron chi connectivity index (χ0n) is 10.4. The van der Waals surface area contributed by atoms with Crippen LogP contribution in [0.3, 0.4) is 0 Å². The van der Waals surface area contributed by atoms with E-state index in [1.165, 1.54) is 12.8 Å². The van der Waals surface area contributed by atoms with Crippen LogP contribution in [-0.2, 0) is 4.79 Å². The third kappa shape index (κ3) is 5.00. The van der Waals surface area contributed by atoms with Crippen LogP contribution in [0.2, 0.25) is 0 Å². The van der Waals surface area contributed by atoms with E-state index in [0.29, 0.717) is 6.54 Å². The van der Waals surface area contributed by atoms with E-state index in [1.807, 2.05) is 30.3 Å². The third-order valence-corrected chi connectivity index (χ3v) is 2.81. The monoisotopic (exact) mass is 235 g/mol. The molecule has 1 aromatic rings. The second-order valence-corrected chi connectivity index (χ2v) is 4.21. The lowest BCUT2D eigenvalue weighted by Gasteiger charge is -2.13. The number of aliphatic carboxylic acids is 1. The predicted molar refractivity (Wildman–Crippen MR) is 69.2 cm³/mol. The van der Waals surface area contributed by atoms with Gasteiger partial charge < -0.3 is 10.4 Å². The SMILES string of the molecule is CCCCCNCC(C(=O)O)c1ccccc1. The summed E-state index contributed by atoms with van der Waals surface area (Å²) < 4.78 is 0. The van der Waals surface area contributed by atoms with Crippen LogP contribution in [0.15, 0.2) is 30.3 Å². The van der Waals surface area contributed by atoms with Gasteiger partial charge in [0.2, 0.25) is 0 Å². The summed E-state index contributed by atoms with van der Waals surface area (Å²) in [5, 5.41) is 12.4. The van der Waals surface area contributed by atoms with E-state index in [-0.39, 0.29) is 0 Å². The Hall–Kier alpha value is -1.35. The Balaban J connectivity index is 2.42. The number of hydrogen-bond donors (Lipinski definition) is 2. The second kappa shape index (κ2) is 7.85. The molecule has 94 valence electrons. The number of carboxylic acids is 1. The molecule has 3 heteroatoms. The van der Waals surface area contributed by atoms with Gasteiger partial charge in [0.25, 0.3) is 0 Å². The molecule has 1 rings (SSSR count). The van der Waals surface area contributed by atoms with Crippen molar-refractivity contribution in [3.8, 4) is 0 Å². The molecule has 0 aliphatic rings. The van der Waals surface area contributed by atoms with Gasteiger partial charge in [0.05, 0.1) is 5.92 Å². The van der Waals surface area contributed by atoms with E-state index in [1.54, 1.807) is 0 Å². The van der Waals surface area contributed by atoms with Crippen LogP contribution in [0.4, 0.5) is 0 Å². The highest BCUT2D eigenvalue weighted by molar-refractivity contribution is 5.76. The minimum Gasteiger partial charge on any atom is -0.481 e. The average molecular weight is 235 g/mol. The average Bonchev–Trinajstić information content (AvgIpc) is 2.34. The van der Waals surface area contributed by atoms with Gasteiger partial charge in [0.15, 0.2) is 0 Å². The third-order valence-electron chi connectivity index (χ3n) is 2.81. The highest BCUT2D eigenvalue weighted by Crippen LogP contribution is 2.14. The second-order valence-electron chi connectivity index (χ2n) is 4.21. The smallest absolute Gasteiger partial charge is 0.312 e. The lowest BCUT2D eigenvalue weighted by Crippen LogP contribution is -2.27. The summed E-state index contributed by atoms with van der Waals surface area (Å²) in [4.78, 5) is 11.2. The fourth-order valence-electron chi connectivity index (χ4n) is 1.78. The van der Waals surface area contributed by atoms with Crippen LogP contribution < -0.4 is 5.32 Å². The largest absolute Gasteiger partial charge is 0.481 e. The van der Waals surface area contributed by atoms with Gasteiger partial charge >= 0.3 is 5.97 Å². The van der Waals surface area contributed by atoms with Crippen molar-refractivity contribution in [1.29, 1.82) is 0 Å². The van der Waals surface area contributed by atoms with Crippen molar-refractivity contribution in [3.63, 3.8) is 0 Å². The number of hydrogen-bond acceptors (Lipinski definition) is 2. The van der Waals surface area contributed by atoms with Crippen LogP contribution in [0.5, 0.6) is 0 Å². The summed E-state index contributed by atoms with van der Waals surface area (Å²) in [5.41, 5.74) is 0.864. The fraction of sp³-hybridized carbons (Fsp3) is 0.500. The number of benzene rings is 1. The van der Waals surface area contributed by atoms with Crippen LogP contribution in [0.1, 0.15) is 37.7 Å². The van der Waals surface area contributed by atoms with Gasteiger partial charge in [-0.15, -0.1) is 0 Å². The van der Waals surface area contributed by atoms with E-state index in [9.17, 15) is 9.90 Å². The highest BCUT2D eigenvalue weighted by Gasteiger charge is 2.18. The molecule has 1 aromatic carbocycles. The minimum atomic E-state index is -0.765. The summed E-state index contributed by atoms with van der Waals surface area (Å²) in [6.07, 6.45) is 3.48. The van der Waals surface area contributed by atoms with Gasteiger partial charge in [0.1, 0.15) is 0 Å². The van der Waals surface area contributed by atoms with Gasteiger partial charge in [-0.05, 0) is 18.5 Å². The summed E-state index contributed by atoms with van der Waals surface area (Å²) in [6, 6.07) is 9.39. The number of carboxylic acid groups (broad SMARTS) is 1. The molecule has 0 aliphatic carbocycles. The van der Waals surface area contributed by atoms with Gasteiger partial charge in [-0.2, -0.15) is 0 Å². The maximum absolute atomic E-state index is 11.2. The molecule has 0 saturated heterocycles. The van der Waals surface area contributed by atoms with Crippen molar-refractivity contribution in [1.82, 2.24) is 5.32 Å². The molecular formula is C14H21NO2. The minimum absolute atomic E-state index is 0.446. The highest BCUT2D eigenvalue weighted by atomic mass is 16.4. The molecule has 17 heavy (non-hydrogen) atoms. The number of rotatable bonds is 8. The molecule has 0 saturated carbocycles. The van der Waals surface area contributed by atoms with Crippen molar-refractivity contribution in [3.05, 3.63) is 35.9 Å². The molecule has 3 nitrogen and oxygen atoms in total. The maximum atomic E-state index is 11.2. The molecule has 2 N–H and O–H groups in total. The molecule has 0 bridgehead atoms. The van der Waals surface area contributed by atoms with Gasteiger partial charge in [0, 0.05) is 6.54 Å². The molecule has 1 atom stereocenters. The Bertz CT molecular complexity index is 324. The lowest BCUT2D eigenvalue weighted by atomic mass is 9.99. The molecule has 0 amide bonds. The van der Waals surface area contributed by atoms with E-state index in [2.05, 4.69) is 12.2 Å². The van der Waals surface area contributed by atoms with Gasteiger partial charge in [-0.3, -0.25) is 4.79 Å². The summed E-state index contributed by atoms with van der Waals surface area (Å²) in [6.45, 7) is 3.55. The maximum Gasteiger partial charge on any atom is 0.312 e.